The molecule has 3 aromatic carbocycles. The number of hydrogen-bond donors (Lipinski definition) is 1. The van der Waals surface area contributed by atoms with E-state index in [0.29, 0.717) is 39.7 Å². The number of carbonyl (C=O) groups is 1. The van der Waals surface area contributed by atoms with Crippen LogP contribution in [0.3, 0.4) is 0 Å². The monoisotopic (exact) mass is 582 g/mol. The second-order valence-corrected chi connectivity index (χ2v) is 8.35. The molecule has 0 aliphatic carbocycles. The van der Waals surface area contributed by atoms with Crippen LogP contribution in [-0.4, -0.2) is 31.2 Å². The van der Waals surface area contributed by atoms with Crippen LogP contribution < -0.4 is 53.8 Å². The summed E-state index contributed by atoms with van der Waals surface area (Å²) < 4.78 is 22.9. The maximum absolute atomic E-state index is 12.6. The SMILES string of the molecule is O=C1Oc2cc3c(cc2=C1c1ccccc1)O/C(=[NH+]/[O-])C=3c1ccc(OCC2CCCO2)cc1.[I-]. The van der Waals surface area contributed by atoms with Gasteiger partial charge in [-0.15, -0.1) is 0 Å². The molecule has 0 amide bonds. The second-order valence-electron chi connectivity index (χ2n) is 8.35. The maximum atomic E-state index is 12.6. The Hall–Kier alpha value is -3.37. The Kier molecular flexibility index (Phi) is 6.48. The molecule has 1 saturated heterocycles. The molecule has 1 unspecified atom stereocenters. The quantitative estimate of drug-likeness (QED) is 0.122. The van der Waals surface area contributed by atoms with E-state index in [9.17, 15) is 10.0 Å². The lowest BCUT2D eigenvalue weighted by Gasteiger charge is -2.11. The molecule has 6 rings (SSSR count). The predicted molar refractivity (Wildman–Crippen MR) is 124 cm³/mol. The van der Waals surface area contributed by atoms with Gasteiger partial charge in [-0.05, 0) is 48.2 Å². The first-order valence-electron chi connectivity index (χ1n) is 11.2. The Bertz CT molecular complexity index is 1430. The number of esters is 1. The highest BCUT2D eigenvalue weighted by atomic mass is 127. The molecular formula is C27H21INO6-. The van der Waals surface area contributed by atoms with Gasteiger partial charge >= 0.3 is 11.9 Å². The van der Waals surface area contributed by atoms with Crippen LogP contribution in [0.2, 0.25) is 0 Å². The molecule has 3 aromatic rings. The smallest absolute Gasteiger partial charge is 0.386 e. The molecule has 178 valence electrons. The number of rotatable bonds is 5. The summed E-state index contributed by atoms with van der Waals surface area (Å²) in [5.74, 6) is 1.33. The van der Waals surface area contributed by atoms with Gasteiger partial charge < -0.3 is 48.1 Å². The first-order valence-corrected chi connectivity index (χ1v) is 11.2. The van der Waals surface area contributed by atoms with Crippen molar-refractivity contribution in [1.82, 2.24) is 0 Å². The number of halogens is 1. The maximum Gasteiger partial charge on any atom is 0.386 e. The van der Waals surface area contributed by atoms with Gasteiger partial charge in [-0.25, -0.2) is 4.79 Å². The standard InChI is InChI=1S/C27H21NO6.HI/c29-27-25(16-5-2-1-3-6-16)21-14-22-20(13-23(21)34-27)24(26(28-30)33-22)17-8-10-18(11-9-17)32-15-19-7-4-12-31-19;/h1-3,5-6,8-11,13-14,19,28H,4,7,12,15H2;1H/p-1. The van der Waals surface area contributed by atoms with Crippen LogP contribution in [0.25, 0.3) is 11.1 Å². The van der Waals surface area contributed by atoms with E-state index < -0.39 is 5.97 Å². The Morgan fingerprint density at radius 2 is 1.60 bits per heavy atom. The highest BCUT2D eigenvalue weighted by Crippen LogP contribution is 2.27. The van der Waals surface area contributed by atoms with Gasteiger partial charge in [0.05, 0.1) is 11.7 Å². The molecule has 3 aliphatic rings. The van der Waals surface area contributed by atoms with Crippen molar-refractivity contribution >= 4 is 23.0 Å². The summed E-state index contributed by atoms with van der Waals surface area (Å²) in [7, 11) is 0. The molecule has 3 aliphatic heterocycles. The minimum atomic E-state index is -0.412. The predicted octanol–water partition coefficient (Wildman–Crippen LogP) is -2.07. The van der Waals surface area contributed by atoms with Crippen LogP contribution >= 0.6 is 0 Å². The van der Waals surface area contributed by atoms with E-state index in [2.05, 4.69) is 0 Å². The third kappa shape index (κ3) is 4.28. The van der Waals surface area contributed by atoms with E-state index >= 15 is 0 Å². The van der Waals surface area contributed by atoms with Gasteiger partial charge in [0.25, 0.3) is 0 Å². The fraction of sp³-hybridized carbons (Fsp3) is 0.185. The normalized spacial score (nSPS) is 19.1. The largest absolute Gasteiger partial charge is 1.00 e. The number of fused-ring (bicyclic) bond motifs is 2. The first-order chi connectivity index (χ1) is 16.7. The highest BCUT2D eigenvalue weighted by molar-refractivity contribution is 6.21. The van der Waals surface area contributed by atoms with E-state index in [-0.39, 0.29) is 36.0 Å². The Morgan fingerprint density at radius 1 is 0.914 bits per heavy atom. The van der Waals surface area contributed by atoms with Crippen molar-refractivity contribution in [2.24, 2.45) is 0 Å². The van der Waals surface area contributed by atoms with Crippen LogP contribution in [0, 0.1) is 5.21 Å². The summed E-state index contributed by atoms with van der Waals surface area (Å²) in [5.41, 5.74) is 2.61. The summed E-state index contributed by atoms with van der Waals surface area (Å²) >= 11 is 0. The van der Waals surface area contributed by atoms with E-state index in [1.165, 1.54) is 0 Å². The Morgan fingerprint density at radius 3 is 2.29 bits per heavy atom. The number of nitrogens with one attached hydrogen (secondary N) is 1. The fourth-order valence-electron chi connectivity index (χ4n) is 4.58. The van der Waals surface area contributed by atoms with Crippen LogP contribution in [0.4, 0.5) is 0 Å². The van der Waals surface area contributed by atoms with Crippen molar-refractivity contribution < 1.29 is 52.9 Å². The van der Waals surface area contributed by atoms with Crippen LogP contribution in [0.1, 0.15) is 24.0 Å². The third-order valence-electron chi connectivity index (χ3n) is 6.22. The lowest BCUT2D eigenvalue weighted by atomic mass is 10.0. The molecule has 1 N–H and O–H groups in total. The molecule has 8 heteroatoms. The summed E-state index contributed by atoms with van der Waals surface area (Å²) in [4.78, 5) is 12.6. The minimum absolute atomic E-state index is 0. The molecule has 0 radical (unpaired) electrons. The lowest BCUT2D eigenvalue weighted by molar-refractivity contribution is -0.380. The third-order valence-corrected chi connectivity index (χ3v) is 6.22. The second kappa shape index (κ2) is 9.71. The topological polar surface area (TPSA) is 91.0 Å². The molecule has 0 spiro atoms. The molecule has 1 fully saturated rings. The van der Waals surface area contributed by atoms with E-state index in [1.807, 2.05) is 59.8 Å². The molecule has 35 heavy (non-hydrogen) atoms. The molecule has 0 saturated carbocycles. The molecular weight excluding hydrogens is 561 g/mol. The summed E-state index contributed by atoms with van der Waals surface area (Å²) in [6.07, 6.45) is 2.21. The summed E-state index contributed by atoms with van der Waals surface area (Å²) in [6.45, 7) is 1.30. The average molecular weight is 582 g/mol. The number of ether oxygens (including phenoxy) is 4. The zero-order valence-electron chi connectivity index (χ0n) is 18.6. The lowest BCUT2D eigenvalue weighted by Crippen LogP contribution is -3.00. The molecule has 0 bridgehead atoms. The van der Waals surface area contributed by atoms with Crippen molar-refractivity contribution in [1.29, 1.82) is 0 Å². The van der Waals surface area contributed by atoms with Gasteiger partial charge in [0.1, 0.15) is 29.4 Å². The first kappa shape index (κ1) is 23.4. The number of hydrogen-bond acceptors (Lipinski definition) is 6. The van der Waals surface area contributed by atoms with Gasteiger partial charge in [0.2, 0.25) is 0 Å². The molecule has 7 nitrogen and oxygen atoms in total. The van der Waals surface area contributed by atoms with Gasteiger partial charge in [0, 0.05) is 17.0 Å². The van der Waals surface area contributed by atoms with Crippen LogP contribution in [0.15, 0.2) is 66.7 Å². The fourth-order valence-corrected chi connectivity index (χ4v) is 4.58. The van der Waals surface area contributed by atoms with Crippen LogP contribution in [-0.2, 0) is 9.53 Å². The minimum Gasteiger partial charge on any atom is -1.00 e. The number of benzene rings is 3. The van der Waals surface area contributed by atoms with E-state index in [0.717, 1.165) is 36.3 Å². The highest BCUT2D eigenvalue weighted by Gasteiger charge is 2.31. The van der Waals surface area contributed by atoms with Gasteiger partial charge in [-0.3, -0.25) is 0 Å². The Labute approximate surface area is 218 Å². The zero-order valence-corrected chi connectivity index (χ0v) is 20.7. The van der Waals surface area contributed by atoms with Crippen molar-refractivity contribution in [3.63, 3.8) is 0 Å². The van der Waals surface area contributed by atoms with Gasteiger partial charge in [0.15, 0.2) is 0 Å². The summed E-state index contributed by atoms with van der Waals surface area (Å²) in [6, 6.07) is 20.3. The van der Waals surface area contributed by atoms with Crippen molar-refractivity contribution in [3.05, 3.63) is 93.5 Å². The molecule has 0 aromatic heterocycles. The van der Waals surface area contributed by atoms with Crippen molar-refractivity contribution in [2.75, 3.05) is 13.2 Å². The van der Waals surface area contributed by atoms with Gasteiger partial charge in [-0.2, -0.15) is 5.16 Å². The zero-order chi connectivity index (χ0) is 23.1. The van der Waals surface area contributed by atoms with Gasteiger partial charge in [-0.1, -0.05) is 42.5 Å². The summed E-state index contributed by atoms with van der Waals surface area (Å²) in [5, 5.41) is 14.9. The Balaban J connectivity index is 0.00000253. The van der Waals surface area contributed by atoms with Crippen LogP contribution in [0.5, 0.6) is 17.2 Å². The van der Waals surface area contributed by atoms with E-state index in [4.69, 9.17) is 18.9 Å². The van der Waals surface area contributed by atoms with Crippen molar-refractivity contribution in [3.8, 4) is 17.2 Å². The average Bonchev–Trinajstić information content (AvgIpc) is 3.58. The molecule has 3 heterocycles. The number of carbonyl (C=O) groups excluding carboxylic acids is 1. The molecule has 1 atom stereocenters. The van der Waals surface area contributed by atoms with E-state index in [1.54, 1.807) is 12.1 Å². The van der Waals surface area contributed by atoms with Crippen molar-refractivity contribution in [2.45, 2.75) is 18.9 Å².